The molecule has 0 aliphatic heterocycles. The fourth-order valence-corrected chi connectivity index (χ4v) is 3.39. The minimum absolute atomic E-state index is 0.00217. The van der Waals surface area contributed by atoms with E-state index in [4.69, 9.17) is 5.14 Å². The Kier molecular flexibility index (Phi) is 5.98. The summed E-state index contributed by atoms with van der Waals surface area (Å²) in [6.45, 7) is 5.66. The maximum Gasteiger partial charge on any atom is 0.238 e. The molecule has 2 aromatic rings. The van der Waals surface area contributed by atoms with Crippen molar-refractivity contribution in [2.24, 2.45) is 5.14 Å². The molecule has 6 heteroatoms. The Morgan fingerprint density at radius 3 is 2.36 bits per heavy atom. The molecule has 0 saturated heterocycles. The van der Waals surface area contributed by atoms with Crippen LogP contribution in [0.4, 0.5) is 5.69 Å². The Hall–Kier alpha value is -2.18. The van der Waals surface area contributed by atoms with Gasteiger partial charge in [-0.25, -0.2) is 13.6 Å². The largest absolute Gasteiger partial charge is 0.325 e. The van der Waals surface area contributed by atoms with Crippen LogP contribution in [0.2, 0.25) is 0 Å². The van der Waals surface area contributed by atoms with Crippen LogP contribution >= 0.6 is 0 Å². The van der Waals surface area contributed by atoms with Crippen LogP contribution in [0, 0.1) is 13.8 Å². The van der Waals surface area contributed by atoms with Crippen LogP contribution in [0.15, 0.2) is 47.4 Å². The van der Waals surface area contributed by atoms with Gasteiger partial charge in [-0.1, -0.05) is 43.7 Å². The van der Waals surface area contributed by atoms with Gasteiger partial charge in [-0.3, -0.25) is 4.79 Å². The minimum atomic E-state index is -3.83. The molecule has 0 aliphatic carbocycles. The lowest BCUT2D eigenvalue weighted by Gasteiger charge is -2.19. The van der Waals surface area contributed by atoms with Gasteiger partial charge in [0.15, 0.2) is 0 Å². The number of nitrogens with two attached hydrogens (primary N) is 1. The predicted octanol–water partition coefficient (Wildman–Crippen LogP) is 3.47. The van der Waals surface area contributed by atoms with E-state index in [9.17, 15) is 13.2 Å². The fraction of sp³-hybridized carbons (Fsp3) is 0.316. The number of anilines is 1. The number of carbonyl (C=O) groups excluding carboxylic acids is 1. The van der Waals surface area contributed by atoms with Gasteiger partial charge in [0.2, 0.25) is 15.9 Å². The molecule has 2 aromatic carbocycles. The molecule has 1 atom stereocenters. The molecule has 2 rings (SSSR count). The van der Waals surface area contributed by atoms with Crippen LogP contribution in [-0.2, 0) is 14.8 Å². The van der Waals surface area contributed by atoms with Crippen LogP contribution in [0.25, 0.3) is 0 Å². The molecule has 0 radical (unpaired) electrons. The summed E-state index contributed by atoms with van der Waals surface area (Å²) in [6.07, 6.45) is 1.57. The lowest BCUT2D eigenvalue weighted by atomic mass is 9.93. The summed E-state index contributed by atoms with van der Waals surface area (Å²) < 4.78 is 23.3. The third-order valence-electron chi connectivity index (χ3n) is 4.32. The van der Waals surface area contributed by atoms with Crippen molar-refractivity contribution in [1.29, 1.82) is 0 Å². The highest BCUT2D eigenvalue weighted by Crippen LogP contribution is 2.27. The topological polar surface area (TPSA) is 89.3 Å². The molecular formula is C19H24N2O3S. The van der Waals surface area contributed by atoms with Gasteiger partial charge in [0.1, 0.15) is 0 Å². The summed E-state index contributed by atoms with van der Waals surface area (Å²) in [6, 6.07) is 12.5. The monoisotopic (exact) mass is 360 g/mol. The third-order valence-corrected chi connectivity index (χ3v) is 5.22. The van der Waals surface area contributed by atoms with Gasteiger partial charge in [-0.15, -0.1) is 0 Å². The number of nitrogens with one attached hydrogen (secondary N) is 1. The molecule has 0 bridgehead atoms. The van der Waals surface area contributed by atoms with E-state index in [0.29, 0.717) is 12.1 Å². The second-order valence-electron chi connectivity index (χ2n) is 6.20. The highest BCUT2D eigenvalue weighted by atomic mass is 32.2. The molecule has 25 heavy (non-hydrogen) atoms. The number of rotatable bonds is 6. The maximum absolute atomic E-state index is 12.8. The van der Waals surface area contributed by atoms with E-state index in [0.717, 1.165) is 23.1 Å². The van der Waals surface area contributed by atoms with Crippen molar-refractivity contribution < 1.29 is 13.2 Å². The first kappa shape index (κ1) is 19.1. The molecule has 5 nitrogen and oxygen atoms in total. The summed E-state index contributed by atoms with van der Waals surface area (Å²) in [5, 5.41) is 8.12. The van der Waals surface area contributed by atoms with Gasteiger partial charge in [-0.05, 0) is 49.1 Å². The number of benzene rings is 2. The molecule has 0 unspecified atom stereocenters. The van der Waals surface area contributed by atoms with Crippen molar-refractivity contribution in [3.8, 4) is 0 Å². The number of sulfonamides is 1. The summed E-state index contributed by atoms with van der Waals surface area (Å²) in [4.78, 5) is 12.8. The van der Waals surface area contributed by atoms with E-state index >= 15 is 0 Å². The molecule has 1 amide bonds. The Bertz CT molecular complexity index is 862. The quantitative estimate of drug-likeness (QED) is 0.826. The highest BCUT2D eigenvalue weighted by molar-refractivity contribution is 7.89. The molecule has 0 fully saturated rings. The second-order valence-corrected chi connectivity index (χ2v) is 7.76. The maximum atomic E-state index is 12.8. The summed E-state index contributed by atoms with van der Waals surface area (Å²) >= 11 is 0. The number of amides is 1. The Labute approximate surface area is 149 Å². The smallest absolute Gasteiger partial charge is 0.238 e. The van der Waals surface area contributed by atoms with Crippen LogP contribution in [0.3, 0.4) is 0 Å². The number of hydrogen-bond acceptors (Lipinski definition) is 3. The van der Waals surface area contributed by atoms with Gasteiger partial charge in [-0.2, -0.15) is 0 Å². The second kappa shape index (κ2) is 7.80. The average Bonchev–Trinajstić information content (AvgIpc) is 2.56. The average molecular weight is 360 g/mol. The van der Waals surface area contributed by atoms with E-state index in [1.54, 1.807) is 6.92 Å². The van der Waals surface area contributed by atoms with Gasteiger partial charge in [0, 0.05) is 5.69 Å². The first-order valence-corrected chi connectivity index (χ1v) is 9.78. The zero-order chi connectivity index (χ0) is 18.6. The van der Waals surface area contributed by atoms with E-state index in [1.807, 2.05) is 44.2 Å². The predicted molar refractivity (Wildman–Crippen MR) is 100 cm³/mol. The van der Waals surface area contributed by atoms with Gasteiger partial charge >= 0.3 is 0 Å². The van der Waals surface area contributed by atoms with Crippen molar-refractivity contribution in [2.45, 2.75) is 44.4 Å². The van der Waals surface area contributed by atoms with E-state index in [-0.39, 0.29) is 16.7 Å². The van der Waals surface area contributed by atoms with Crippen molar-refractivity contribution in [3.63, 3.8) is 0 Å². The van der Waals surface area contributed by atoms with Crippen LogP contribution in [0.1, 0.15) is 42.4 Å². The highest BCUT2D eigenvalue weighted by Gasteiger charge is 2.21. The van der Waals surface area contributed by atoms with Crippen LogP contribution < -0.4 is 10.5 Å². The van der Waals surface area contributed by atoms with Crippen LogP contribution in [0.5, 0.6) is 0 Å². The molecule has 0 aromatic heterocycles. The molecular weight excluding hydrogens is 336 g/mol. The molecule has 0 aliphatic rings. The summed E-state index contributed by atoms with van der Waals surface area (Å²) in [7, 11) is -3.83. The molecule has 0 spiro atoms. The summed E-state index contributed by atoms with van der Waals surface area (Å²) in [5.74, 6) is -0.439. The van der Waals surface area contributed by atoms with Crippen LogP contribution in [-0.4, -0.2) is 14.3 Å². The van der Waals surface area contributed by atoms with Gasteiger partial charge in [0.25, 0.3) is 0 Å². The minimum Gasteiger partial charge on any atom is -0.325 e. The first-order valence-electron chi connectivity index (χ1n) is 8.24. The zero-order valence-electron chi connectivity index (χ0n) is 14.7. The van der Waals surface area contributed by atoms with Crippen molar-refractivity contribution in [1.82, 2.24) is 0 Å². The van der Waals surface area contributed by atoms with Gasteiger partial charge < -0.3 is 5.32 Å². The van der Waals surface area contributed by atoms with E-state index in [2.05, 4.69) is 5.32 Å². The molecule has 3 N–H and O–H groups in total. The standard InChI is InChI=1S/C19H24N2O3S/c1-4-8-17(15-9-6-5-7-10-15)19(22)21-18-12-16(25(20,23)24)11-13(2)14(18)3/h5-7,9-12,17H,4,8H2,1-3H3,(H,21,22)(H2,20,23,24)/t17-/m0/s1. The van der Waals surface area contributed by atoms with E-state index < -0.39 is 10.0 Å². The van der Waals surface area contributed by atoms with Crippen molar-refractivity contribution in [3.05, 3.63) is 59.2 Å². The Morgan fingerprint density at radius 2 is 1.80 bits per heavy atom. The number of primary sulfonamides is 1. The number of carbonyl (C=O) groups is 1. The van der Waals surface area contributed by atoms with Crippen molar-refractivity contribution in [2.75, 3.05) is 5.32 Å². The SMILES string of the molecule is CCC[C@H](C(=O)Nc1cc(S(N)(=O)=O)cc(C)c1C)c1ccccc1. The zero-order valence-corrected chi connectivity index (χ0v) is 15.6. The lowest BCUT2D eigenvalue weighted by Crippen LogP contribution is -2.22. The molecule has 134 valence electrons. The number of aryl methyl sites for hydroxylation is 1. The fourth-order valence-electron chi connectivity index (χ4n) is 2.76. The normalized spacial score (nSPS) is 12.6. The number of hydrogen-bond donors (Lipinski definition) is 2. The van der Waals surface area contributed by atoms with Gasteiger partial charge in [0.05, 0.1) is 10.8 Å². The lowest BCUT2D eigenvalue weighted by molar-refractivity contribution is -0.117. The van der Waals surface area contributed by atoms with Crippen molar-refractivity contribution >= 4 is 21.6 Å². The first-order chi connectivity index (χ1) is 11.7. The summed E-state index contributed by atoms with van der Waals surface area (Å²) in [5.41, 5.74) is 3.00. The molecule has 0 saturated carbocycles. The third kappa shape index (κ3) is 4.67. The Morgan fingerprint density at radius 1 is 1.16 bits per heavy atom. The molecule has 0 heterocycles. The van der Waals surface area contributed by atoms with E-state index in [1.165, 1.54) is 12.1 Å². The Balaban J connectivity index is 2.37.